The monoisotopic (exact) mass is 195 g/mol. The third-order valence-corrected chi connectivity index (χ3v) is 1.55. The Balaban J connectivity index is 2.25. The first-order chi connectivity index (χ1) is 6.68. The first-order valence-electron chi connectivity index (χ1n) is 4.20. The standard InChI is InChI=1S/C9H13N3O2/c10-7-1-3-8(4-2-7)14-6-5-12-9(11)13/h1-4H,5-6,10H2,(H3,11,12,13). The molecule has 1 aromatic rings. The lowest BCUT2D eigenvalue weighted by atomic mass is 10.3. The number of benzene rings is 1. The normalized spacial score (nSPS) is 9.43. The molecule has 1 rings (SSSR count). The van der Waals surface area contributed by atoms with Crippen molar-refractivity contribution in [3.05, 3.63) is 24.3 Å². The molecule has 0 unspecified atom stereocenters. The zero-order valence-corrected chi connectivity index (χ0v) is 7.69. The van der Waals surface area contributed by atoms with E-state index in [-0.39, 0.29) is 0 Å². The first kappa shape index (κ1) is 10.2. The molecule has 0 aromatic heterocycles. The van der Waals surface area contributed by atoms with Gasteiger partial charge in [0.15, 0.2) is 0 Å². The second-order valence-corrected chi connectivity index (χ2v) is 2.71. The van der Waals surface area contributed by atoms with Gasteiger partial charge in [-0.05, 0) is 24.3 Å². The Labute approximate surface area is 82.0 Å². The van der Waals surface area contributed by atoms with Gasteiger partial charge in [-0.1, -0.05) is 0 Å². The number of rotatable bonds is 4. The van der Waals surface area contributed by atoms with E-state index in [1.165, 1.54) is 0 Å². The maximum Gasteiger partial charge on any atom is 0.312 e. The van der Waals surface area contributed by atoms with Crippen LogP contribution in [0.25, 0.3) is 0 Å². The number of carbonyl (C=O) groups excluding carboxylic acids is 1. The van der Waals surface area contributed by atoms with Crippen LogP contribution in [0.1, 0.15) is 0 Å². The molecule has 5 nitrogen and oxygen atoms in total. The number of primary amides is 1. The minimum absolute atomic E-state index is 0.382. The quantitative estimate of drug-likeness (QED) is 0.477. The van der Waals surface area contributed by atoms with Crippen LogP contribution < -0.4 is 21.5 Å². The van der Waals surface area contributed by atoms with E-state index >= 15 is 0 Å². The van der Waals surface area contributed by atoms with Gasteiger partial charge >= 0.3 is 6.03 Å². The van der Waals surface area contributed by atoms with E-state index in [0.29, 0.717) is 24.6 Å². The average molecular weight is 195 g/mol. The van der Waals surface area contributed by atoms with Gasteiger partial charge in [-0.2, -0.15) is 0 Å². The molecule has 2 amide bonds. The fraction of sp³-hybridized carbons (Fsp3) is 0.222. The molecular weight excluding hydrogens is 182 g/mol. The number of hydrogen-bond donors (Lipinski definition) is 3. The van der Waals surface area contributed by atoms with E-state index in [4.69, 9.17) is 16.2 Å². The highest BCUT2D eigenvalue weighted by molar-refractivity contribution is 5.71. The van der Waals surface area contributed by atoms with Crippen molar-refractivity contribution in [2.45, 2.75) is 0 Å². The van der Waals surface area contributed by atoms with Crippen LogP contribution in [0.2, 0.25) is 0 Å². The zero-order chi connectivity index (χ0) is 10.4. The van der Waals surface area contributed by atoms with Crippen molar-refractivity contribution in [1.82, 2.24) is 5.32 Å². The third kappa shape index (κ3) is 3.66. The SMILES string of the molecule is NC(=O)NCCOc1ccc(N)cc1. The van der Waals surface area contributed by atoms with Crippen molar-refractivity contribution in [2.24, 2.45) is 5.73 Å². The Morgan fingerprint density at radius 1 is 1.36 bits per heavy atom. The van der Waals surface area contributed by atoms with Gasteiger partial charge in [-0.3, -0.25) is 0 Å². The second kappa shape index (κ2) is 4.96. The van der Waals surface area contributed by atoms with Crippen molar-refractivity contribution in [3.63, 3.8) is 0 Å². The van der Waals surface area contributed by atoms with Gasteiger partial charge in [0.1, 0.15) is 12.4 Å². The fourth-order valence-electron chi connectivity index (χ4n) is 0.907. The summed E-state index contributed by atoms with van der Waals surface area (Å²) < 4.78 is 5.29. The first-order valence-corrected chi connectivity index (χ1v) is 4.20. The summed E-state index contributed by atoms with van der Waals surface area (Å²) in [6.45, 7) is 0.770. The van der Waals surface area contributed by atoms with Crippen LogP contribution in [0.15, 0.2) is 24.3 Å². The lowest BCUT2D eigenvalue weighted by Crippen LogP contribution is -2.32. The van der Waals surface area contributed by atoms with Gasteiger partial charge in [-0.25, -0.2) is 4.79 Å². The summed E-state index contributed by atoms with van der Waals surface area (Å²) in [7, 11) is 0. The highest BCUT2D eigenvalue weighted by atomic mass is 16.5. The van der Waals surface area contributed by atoms with Gasteiger partial charge in [0.05, 0.1) is 6.54 Å². The molecule has 14 heavy (non-hydrogen) atoms. The van der Waals surface area contributed by atoms with Crippen molar-refractivity contribution < 1.29 is 9.53 Å². The predicted octanol–water partition coefficient (Wildman–Crippen LogP) is 0.316. The third-order valence-electron chi connectivity index (χ3n) is 1.55. The number of nitrogens with one attached hydrogen (secondary N) is 1. The largest absolute Gasteiger partial charge is 0.492 e. The molecule has 0 radical (unpaired) electrons. The number of nitrogen functional groups attached to an aromatic ring is 1. The van der Waals surface area contributed by atoms with Crippen LogP contribution in [0.5, 0.6) is 5.75 Å². The summed E-state index contributed by atoms with van der Waals surface area (Å²) in [6.07, 6.45) is 0. The molecule has 0 atom stereocenters. The summed E-state index contributed by atoms with van der Waals surface area (Å²) in [6, 6.07) is 6.47. The molecule has 0 bridgehead atoms. The van der Waals surface area contributed by atoms with Gasteiger partial charge in [0.2, 0.25) is 0 Å². The van der Waals surface area contributed by atoms with Crippen LogP contribution in [0.4, 0.5) is 10.5 Å². The topological polar surface area (TPSA) is 90.4 Å². The molecular formula is C9H13N3O2. The van der Waals surface area contributed by atoms with Crippen molar-refractivity contribution in [1.29, 1.82) is 0 Å². The van der Waals surface area contributed by atoms with Gasteiger partial charge < -0.3 is 21.5 Å². The number of hydrogen-bond acceptors (Lipinski definition) is 3. The lowest BCUT2D eigenvalue weighted by Gasteiger charge is -2.06. The maximum atomic E-state index is 10.3. The van der Waals surface area contributed by atoms with E-state index in [1.54, 1.807) is 24.3 Å². The molecule has 0 fully saturated rings. The molecule has 0 aliphatic rings. The Morgan fingerprint density at radius 2 is 2.00 bits per heavy atom. The zero-order valence-electron chi connectivity index (χ0n) is 7.69. The van der Waals surface area contributed by atoms with E-state index in [2.05, 4.69) is 5.32 Å². The average Bonchev–Trinajstić information content (AvgIpc) is 2.15. The molecule has 1 aromatic carbocycles. The van der Waals surface area contributed by atoms with E-state index in [9.17, 15) is 4.79 Å². The predicted molar refractivity (Wildman–Crippen MR) is 53.9 cm³/mol. The summed E-state index contributed by atoms with van der Waals surface area (Å²) >= 11 is 0. The number of urea groups is 1. The van der Waals surface area contributed by atoms with Crippen molar-refractivity contribution >= 4 is 11.7 Å². The summed E-state index contributed by atoms with van der Waals surface area (Å²) in [5.74, 6) is 0.713. The Morgan fingerprint density at radius 3 is 2.57 bits per heavy atom. The smallest absolute Gasteiger partial charge is 0.312 e. The summed E-state index contributed by atoms with van der Waals surface area (Å²) in [4.78, 5) is 10.3. The summed E-state index contributed by atoms with van der Waals surface area (Å²) in [5, 5.41) is 2.42. The molecule has 76 valence electrons. The molecule has 5 N–H and O–H groups in total. The second-order valence-electron chi connectivity index (χ2n) is 2.71. The number of carbonyl (C=O) groups is 1. The van der Waals surface area contributed by atoms with E-state index < -0.39 is 6.03 Å². The molecule has 5 heteroatoms. The fourth-order valence-corrected chi connectivity index (χ4v) is 0.907. The van der Waals surface area contributed by atoms with Gasteiger partial charge in [0.25, 0.3) is 0 Å². The minimum Gasteiger partial charge on any atom is -0.492 e. The van der Waals surface area contributed by atoms with Crippen molar-refractivity contribution in [2.75, 3.05) is 18.9 Å². The van der Waals surface area contributed by atoms with Gasteiger partial charge in [0, 0.05) is 5.69 Å². The van der Waals surface area contributed by atoms with Gasteiger partial charge in [-0.15, -0.1) is 0 Å². The summed E-state index contributed by atoms with van der Waals surface area (Å²) in [5.41, 5.74) is 11.0. The van der Waals surface area contributed by atoms with Crippen LogP contribution in [0.3, 0.4) is 0 Å². The van der Waals surface area contributed by atoms with E-state index in [0.717, 1.165) is 0 Å². The highest BCUT2D eigenvalue weighted by Crippen LogP contribution is 2.12. The molecule has 0 spiro atoms. The molecule has 0 aliphatic carbocycles. The van der Waals surface area contributed by atoms with Crippen LogP contribution in [0, 0.1) is 0 Å². The number of anilines is 1. The maximum absolute atomic E-state index is 10.3. The van der Waals surface area contributed by atoms with Crippen LogP contribution in [-0.2, 0) is 0 Å². The van der Waals surface area contributed by atoms with Crippen molar-refractivity contribution in [3.8, 4) is 5.75 Å². The van der Waals surface area contributed by atoms with Crippen LogP contribution in [-0.4, -0.2) is 19.2 Å². The number of nitrogens with two attached hydrogens (primary N) is 2. The molecule has 0 saturated heterocycles. The Kier molecular flexibility index (Phi) is 3.60. The lowest BCUT2D eigenvalue weighted by molar-refractivity contribution is 0.244. The van der Waals surface area contributed by atoms with Crippen LogP contribution >= 0.6 is 0 Å². The highest BCUT2D eigenvalue weighted by Gasteiger charge is 1.94. The van der Waals surface area contributed by atoms with E-state index in [1.807, 2.05) is 0 Å². The molecule has 0 saturated carbocycles. The number of ether oxygens (including phenoxy) is 1. The minimum atomic E-state index is -0.550. The Bertz CT molecular complexity index is 297. The molecule has 0 heterocycles. The molecule has 0 aliphatic heterocycles. The number of amides is 2. The Hall–Kier alpha value is -1.91.